The lowest BCUT2D eigenvalue weighted by molar-refractivity contribution is 0.102. The lowest BCUT2D eigenvalue weighted by atomic mass is 10.1. The normalized spacial score (nSPS) is 19.0. The number of hydrogen-bond donors (Lipinski definition) is 1. The smallest absolute Gasteiger partial charge is 0.276 e. The van der Waals surface area contributed by atoms with E-state index in [1.807, 2.05) is 26.8 Å². The third-order valence-corrected chi connectivity index (χ3v) is 6.73. The molecule has 1 amide bonds. The van der Waals surface area contributed by atoms with Crippen LogP contribution in [-0.2, 0) is 9.84 Å². The van der Waals surface area contributed by atoms with Crippen molar-refractivity contribution in [3.63, 3.8) is 0 Å². The number of halogens is 1. The van der Waals surface area contributed by atoms with Crippen LogP contribution in [0.5, 0.6) is 0 Å². The molecule has 2 aromatic rings. The van der Waals surface area contributed by atoms with Gasteiger partial charge in [-0.2, -0.15) is 5.10 Å². The minimum atomic E-state index is -3.03. The van der Waals surface area contributed by atoms with Gasteiger partial charge in [0, 0.05) is 16.4 Å². The average molecular weight is 396 g/mol. The van der Waals surface area contributed by atoms with Crippen molar-refractivity contribution in [2.45, 2.75) is 39.2 Å². The summed E-state index contributed by atoms with van der Waals surface area (Å²) in [6, 6.07) is 6.83. The number of aromatic nitrogens is 2. The minimum absolute atomic E-state index is 0.0724. The second-order valence-corrected chi connectivity index (χ2v) is 9.66. The highest BCUT2D eigenvalue weighted by atomic mass is 35.5. The number of carbonyl (C=O) groups excluding carboxylic acids is 1. The standard InChI is InChI=1S/C18H22ClN3O3S/c1-11(2)17-9-16(21-22(17)14-6-7-26(24,25)10-14)18(23)20-13-5-4-12(3)15(19)8-13/h4-5,8-9,11,14H,6-7,10H2,1-3H3,(H,20,23). The van der Waals surface area contributed by atoms with Crippen LogP contribution in [0.1, 0.15) is 54.0 Å². The van der Waals surface area contributed by atoms with Crippen LogP contribution in [0.15, 0.2) is 24.3 Å². The zero-order valence-corrected chi connectivity index (χ0v) is 16.6. The predicted octanol–water partition coefficient (Wildman–Crippen LogP) is 3.58. The van der Waals surface area contributed by atoms with E-state index in [0.717, 1.165) is 11.3 Å². The van der Waals surface area contributed by atoms with E-state index in [1.54, 1.807) is 22.9 Å². The second-order valence-electron chi connectivity index (χ2n) is 7.03. The summed E-state index contributed by atoms with van der Waals surface area (Å²) in [5.41, 5.74) is 2.65. The SMILES string of the molecule is Cc1ccc(NC(=O)c2cc(C(C)C)n(C3CCS(=O)(=O)C3)n2)cc1Cl. The molecule has 1 fully saturated rings. The number of nitrogens with one attached hydrogen (secondary N) is 1. The summed E-state index contributed by atoms with van der Waals surface area (Å²) in [4.78, 5) is 12.6. The molecule has 8 heteroatoms. The van der Waals surface area contributed by atoms with Gasteiger partial charge >= 0.3 is 0 Å². The Bertz CT molecular complexity index is 951. The summed E-state index contributed by atoms with van der Waals surface area (Å²) in [5.74, 6) is 0.0224. The number of benzene rings is 1. The zero-order valence-electron chi connectivity index (χ0n) is 15.0. The van der Waals surface area contributed by atoms with Gasteiger partial charge in [0.15, 0.2) is 15.5 Å². The Kier molecular flexibility index (Phi) is 5.12. The molecule has 0 bridgehead atoms. The van der Waals surface area contributed by atoms with Gasteiger partial charge in [-0.15, -0.1) is 0 Å². The Morgan fingerprint density at radius 1 is 1.35 bits per heavy atom. The van der Waals surface area contributed by atoms with Gasteiger partial charge in [0.1, 0.15) is 0 Å². The summed E-state index contributed by atoms with van der Waals surface area (Å²) >= 11 is 6.10. The number of anilines is 1. The maximum absolute atomic E-state index is 12.6. The van der Waals surface area contributed by atoms with Crippen LogP contribution in [0, 0.1) is 6.92 Å². The van der Waals surface area contributed by atoms with Crippen LogP contribution >= 0.6 is 11.6 Å². The van der Waals surface area contributed by atoms with Crippen molar-refractivity contribution >= 4 is 33.0 Å². The summed E-state index contributed by atoms with van der Waals surface area (Å²) in [6.45, 7) is 5.89. The highest BCUT2D eigenvalue weighted by Gasteiger charge is 2.32. The molecule has 0 radical (unpaired) electrons. The van der Waals surface area contributed by atoms with Gasteiger partial charge in [0.25, 0.3) is 5.91 Å². The molecule has 1 saturated heterocycles. The number of aryl methyl sites for hydroxylation is 1. The first-order valence-electron chi connectivity index (χ1n) is 8.53. The fourth-order valence-electron chi connectivity index (χ4n) is 3.08. The van der Waals surface area contributed by atoms with Crippen LogP contribution < -0.4 is 5.32 Å². The van der Waals surface area contributed by atoms with Crippen molar-refractivity contribution in [1.29, 1.82) is 0 Å². The van der Waals surface area contributed by atoms with E-state index in [9.17, 15) is 13.2 Å². The molecular formula is C18H22ClN3O3S. The maximum Gasteiger partial charge on any atom is 0.276 e. The Morgan fingerprint density at radius 3 is 2.65 bits per heavy atom. The van der Waals surface area contributed by atoms with Gasteiger partial charge in [0.05, 0.1) is 17.5 Å². The second kappa shape index (κ2) is 7.04. The van der Waals surface area contributed by atoms with Crippen LogP contribution in [0.3, 0.4) is 0 Å². The highest BCUT2D eigenvalue weighted by molar-refractivity contribution is 7.91. The molecule has 6 nitrogen and oxygen atoms in total. The molecule has 3 rings (SSSR count). The lowest BCUT2D eigenvalue weighted by Crippen LogP contribution is -2.17. The first kappa shape index (κ1) is 18.9. The molecule has 140 valence electrons. The Hall–Kier alpha value is -1.86. The molecule has 0 saturated carbocycles. The number of sulfone groups is 1. The van der Waals surface area contributed by atoms with Gasteiger partial charge in [0.2, 0.25) is 0 Å². The summed E-state index contributed by atoms with van der Waals surface area (Å²) in [7, 11) is -3.03. The molecule has 1 N–H and O–H groups in total. The van der Waals surface area contributed by atoms with Gasteiger partial charge in [-0.05, 0) is 43.0 Å². The lowest BCUT2D eigenvalue weighted by Gasteiger charge is -2.15. The van der Waals surface area contributed by atoms with E-state index in [0.29, 0.717) is 17.1 Å². The van der Waals surface area contributed by atoms with E-state index < -0.39 is 9.84 Å². The van der Waals surface area contributed by atoms with Crippen LogP contribution in [-0.4, -0.2) is 35.6 Å². The van der Waals surface area contributed by atoms with Crippen molar-refractivity contribution in [3.05, 3.63) is 46.2 Å². The maximum atomic E-state index is 12.6. The van der Waals surface area contributed by atoms with Crippen LogP contribution in [0.2, 0.25) is 5.02 Å². The summed E-state index contributed by atoms with van der Waals surface area (Å²) in [6.07, 6.45) is 0.526. The monoisotopic (exact) mass is 395 g/mol. The first-order valence-corrected chi connectivity index (χ1v) is 10.7. The van der Waals surface area contributed by atoms with Gasteiger partial charge < -0.3 is 5.32 Å². The molecule has 1 aromatic heterocycles. The molecule has 1 aliphatic rings. The highest BCUT2D eigenvalue weighted by Crippen LogP contribution is 2.28. The van der Waals surface area contributed by atoms with Gasteiger partial charge in [-0.3, -0.25) is 9.48 Å². The van der Waals surface area contributed by atoms with Crippen molar-refractivity contribution in [2.75, 3.05) is 16.8 Å². The molecule has 1 atom stereocenters. The molecule has 0 aliphatic carbocycles. The molecular weight excluding hydrogens is 374 g/mol. The Morgan fingerprint density at radius 2 is 2.08 bits per heavy atom. The topological polar surface area (TPSA) is 81.1 Å². The number of amides is 1. The molecule has 0 spiro atoms. The van der Waals surface area contributed by atoms with E-state index in [2.05, 4.69) is 10.4 Å². The van der Waals surface area contributed by atoms with E-state index in [-0.39, 0.29) is 35.1 Å². The van der Waals surface area contributed by atoms with E-state index in [4.69, 9.17) is 11.6 Å². The van der Waals surface area contributed by atoms with E-state index >= 15 is 0 Å². The summed E-state index contributed by atoms with van der Waals surface area (Å²) in [5, 5.41) is 7.79. The van der Waals surface area contributed by atoms with Crippen molar-refractivity contribution in [2.24, 2.45) is 0 Å². The Balaban J connectivity index is 1.87. The molecule has 2 heterocycles. The third kappa shape index (κ3) is 3.94. The average Bonchev–Trinajstić information content (AvgIpc) is 3.14. The molecule has 26 heavy (non-hydrogen) atoms. The number of nitrogens with zero attached hydrogens (tertiary/aromatic N) is 2. The molecule has 1 aromatic carbocycles. The fraction of sp³-hybridized carbons (Fsp3) is 0.444. The minimum Gasteiger partial charge on any atom is -0.321 e. The van der Waals surface area contributed by atoms with Gasteiger partial charge in [-0.25, -0.2) is 8.42 Å². The molecule has 1 aliphatic heterocycles. The first-order chi connectivity index (χ1) is 12.2. The number of hydrogen-bond acceptors (Lipinski definition) is 4. The molecule has 1 unspecified atom stereocenters. The number of rotatable bonds is 4. The van der Waals surface area contributed by atoms with Gasteiger partial charge in [-0.1, -0.05) is 31.5 Å². The van der Waals surface area contributed by atoms with Crippen molar-refractivity contribution < 1.29 is 13.2 Å². The quantitative estimate of drug-likeness (QED) is 0.857. The van der Waals surface area contributed by atoms with Crippen molar-refractivity contribution in [3.8, 4) is 0 Å². The van der Waals surface area contributed by atoms with Crippen LogP contribution in [0.25, 0.3) is 0 Å². The largest absolute Gasteiger partial charge is 0.321 e. The number of carbonyl (C=O) groups is 1. The Labute approximate surface area is 158 Å². The van der Waals surface area contributed by atoms with E-state index in [1.165, 1.54) is 0 Å². The summed E-state index contributed by atoms with van der Waals surface area (Å²) < 4.78 is 25.3. The van der Waals surface area contributed by atoms with Crippen molar-refractivity contribution in [1.82, 2.24) is 9.78 Å². The third-order valence-electron chi connectivity index (χ3n) is 4.57. The zero-order chi connectivity index (χ0) is 19.1. The predicted molar refractivity (Wildman–Crippen MR) is 103 cm³/mol. The fourth-order valence-corrected chi connectivity index (χ4v) is 4.95. The van der Waals surface area contributed by atoms with Crippen LogP contribution in [0.4, 0.5) is 5.69 Å².